The first-order valence-corrected chi connectivity index (χ1v) is 10.6. The molecule has 0 spiro atoms. The molecule has 1 fully saturated rings. The van der Waals surface area contributed by atoms with Gasteiger partial charge in [0.15, 0.2) is 0 Å². The molecule has 5 nitrogen and oxygen atoms in total. The Labute approximate surface area is 165 Å². The molecule has 2 aromatic heterocycles. The first-order chi connectivity index (χ1) is 13.2. The van der Waals surface area contributed by atoms with E-state index < -0.39 is 0 Å². The van der Waals surface area contributed by atoms with Gasteiger partial charge in [0.1, 0.15) is 17.4 Å². The van der Waals surface area contributed by atoms with Crippen molar-refractivity contribution in [2.24, 2.45) is 0 Å². The fraction of sp³-hybridized carbons (Fsp3) is 0.300. The van der Waals surface area contributed by atoms with E-state index in [1.54, 1.807) is 0 Å². The largest absolute Gasteiger partial charge is 0.486 e. The zero-order valence-corrected chi connectivity index (χ0v) is 16.3. The van der Waals surface area contributed by atoms with Crippen LogP contribution in [0.1, 0.15) is 38.8 Å². The van der Waals surface area contributed by atoms with Gasteiger partial charge in [-0.1, -0.05) is 18.2 Å². The Morgan fingerprint density at radius 3 is 2.67 bits per heavy atom. The maximum absolute atomic E-state index is 12.7. The number of thiazole rings is 1. The predicted molar refractivity (Wildman–Crippen MR) is 106 cm³/mol. The lowest BCUT2D eigenvalue weighted by molar-refractivity contribution is 0.0735. The molecule has 140 valence electrons. The zero-order valence-electron chi connectivity index (χ0n) is 14.7. The topological polar surface area (TPSA) is 62.7 Å². The van der Waals surface area contributed by atoms with Crippen molar-refractivity contribution in [1.29, 1.82) is 0 Å². The van der Waals surface area contributed by atoms with Gasteiger partial charge < -0.3 is 14.7 Å². The normalized spacial score (nSPS) is 13.5. The third kappa shape index (κ3) is 4.55. The molecular weight excluding hydrogens is 380 g/mol. The van der Waals surface area contributed by atoms with Crippen molar-refractivity contribution in [3.63, 3.8) is 0 Å². The van der Waals surface area contributed by atoms with Crippen molar-refractivity contribution >= 4 is 28.6 Å². The minimum Gasteiger partial charge on any atom is -0.486 e. The quantitative estimate of drug-likeness (QED) is 0.619. The Balaban J connectivity index is 1.37. The minimum atomic E-state index is -0.0487. The van der Waals surface area contributed by atoms with Gasteiger partial charge in [-0.2, -0.15) is 0 Å². The first-order valence-electron chi connectivity index (χ1n) is 8.83. The number of hydrogen-bond donors (Lipinski definition) is 1. The molecule has 1 aliphatic rings. The summed E-state index contributed by atoms with van der Waals surface area (Å²) in [5, 5.41) is 13.7. The van der Waals surface area contributed by atoms with Crippen molar-refractivity contribution in [1.82, 2.24) is 9.88 Å². The Morgan fingerprint density at radius 1 is 1.22 bits per heavy atom. The molecule has 1 saturated carbocycles. The lowest BCUT2D eigenvalue weighted by atomic mass is 10.2. The Bertz CT molecular complexity index is 886. The van der Waals surface area contributed by atoms with Crippen LogP contribution >= 0.6 is 22.7 Å². The van der Waals surface area contributed by atoms with Crippen molar-refractivity contribution < 1.29 is 14.6 Å². The summed E-state index contributed by atoms with van der Waals surface area (Å²) in [5.74, 6) is 0.887. The lowest BCUT2D eigenvalue weighted by Gasteiger charge is -2.22. The average Bonchev–Trinajstić information content (AvgIpc) is 3.20. The fourth-order valence-corrected chi connectivity index (χ4v) is 4.19. The molecule has 4 rings (SSSR count). The summed E-state index contributed by atoms with van der Waals surface area (Å²) in [6, 6.07) is 12.0. The molecule has 1 N–H and O–H groups in total. The zero-order chi connectivity index (χ0) is 18.6. The highest BCUT2D eigenvalue weighted by Gasteiger charge is 2.33. The highest BCUT2D eigenvalue weighted by Crippen LogP contribution is 2.31. The molecule has 0 radical (unpaired) electrons. The molecule has 0 saturated heterocycles. The standard InChI is InChI=1S/C20H20N2O3S2/c23-11-15-13-27-19(21-15)12-25-17-7-3-14(4-8-17)10-22(16-5-6-16)20(24)18-2-1-9-26-18/h1-4,7-9,13,16,23H,5-6,10-12H2. The van der Waals surface area contributed by atoms with E-state index in [9.17, 15) is 4.79 Å². The van der Waals surface area contributed by atoms with Gasteiger partial charge in [-0.05, 0) is 42.0 Å². The molecule has 27 heavy (non-hydrogen) atoms. The summed E-state index contributed by atoms with van der Waals surface area (Å²) in [6.45, 7) is 0.954. The van der Waals surface area contributed by atoms with Gasteiger partial charge in [-0.25, -0.2) is 4.98 Å². The number of rotatable bonds is 8. The molecule has 7 heteroatoms. The molecule has 0 unspecified atom stereocenters. The van der Waals surface area contributed by atoms with Crippen LogP contribution in [0.25, 0.3) is 0 Å². The second-order valence-corrected chi connectivity index (χ2v) is 8.36. The molecule has 1 aromatic carbocycles. The summed E-state index contributed by atoms with van der Waals surface area (Å²) in [7, 11) is 0. The summed E-state index contributed by atoms with van der Waals surface area (Å²) >= 11 is 2.97. The van der Waals surface area contributed by atoms with Gasteiger partial charge in [0.05, 0.1) is 17.2 Å². The Morgan fingerprint density at radius 2 is 2.04 bits per heavy atom. The number of thiophene rings is 1. The van der Waals surface area contributed by atoms with Crippen LogP contribution in [0.3, 0.4) is 0 Å². The van der Waals surface area contributed by atoms with Gasteiger partial charge in [-0.3, -0.25) is 4.79 Å². The van der Waals surface area contributed by atoms with Crippen LogP contribution in [-0.2, 0) is 19.8 Å². The molecule has 2 heterocycles. The second-order valence-electron chi connectivity index (χ2n) is 6.46. The van der Waals surface area contributed by atoms with Crippen LogP contribution in [0.15, 0.2) is 47.2 Å². The number of hydrogen-bond acceptors (Lipinski definition) is 6. The number of ether oxygens (including phenoxy) is 1. The maximum Gasteiger partial charge on any atom is 0.264 e. The number of carbonyl (C=O) groups is 1. The van der Waals surface area contributed by atoms with Crippen LogP contribution in [0.5, 0.6) is 5.75 Å². The molecule has 1 amide bonds. The molecule has 3 aromatic rings. The second kappa shape index (κ2) is 8.21. The SMILES string of the molecule is O=C(c1cccs1)N(Cc1ccc(OCc2nc(CO)cs2)cc1)C1CC1. The van der Waals surface area contributed by atoms with E-state index in [4.69, 9.17) is 9.84 Å². The number of nitrogens with zero attached hydrogens (tertiary/aromatic N) is 2. The van der Waals surface area contributed by atoms with Crippen LogP contribution in [0, 0.1) is 0 Å². The van der Waals surface area contributed by atoms with E-state index in [2.05, 4.69) is 4.98 Å². The number of carbonyl (C=O) groups excluding carboxylic acids is 1. The average molecular weight is 401 g/mol. The number of aromatic nitrogens is 1. The summed E-state index contributed by atoms with van der Waals surface area (Å²) < 4.78 is 5.76. The van der Waals surface area contributed by atoms with Gasteiger partial charge in [0.2, 0.25) is 0 Å². The van der Waals surface area contributed by atoms with Crippen LogP contribution < -0.4 is 4.74 Å². The van der Waals surface area contributed by atoms with E-state index in [1.807, 2.05) is 52.1 Å². The number of aliphatic hydroxyl groups is 1. The van der Waals surface area contributed by atoms with Crippen LogP contribution in [0.2, 0.25) is 0 Å². The van der Waals surface area contributed by atoms with Gasteiger partial charge in [-0.15, -0.1) is 22.7 Å². The molecule has 0 aliphatic heterocycles. The Kier molecular flexibility index (Phi) is 5.52. The first kappa shape index (κ1) is 18.2. The van der Waals surface area contributed by atoms with Gasteiger partial charge in [0.25, 0.3) is 5.91 Å². The smallest absolute Gasteiger partial charge is 0.264 e. The lowest BCUT2D eigenvalue weighted by Crippen LogP contribution is -2.32. The number of aliphatic hydroxyl groups excluding tert-OH is 1. The molecule has 1 aliphatic carbocycles. The number of amides is 1. The van der Waals surface area contributed by atoms with Crippen molar-refractivity contribution in [3.05, 3.63) is 68.3 Å². The maximum atomic E-state index is 12.7. The van der Waals surface area contributed by atoms with Gasteiger partial charge >= 0.3 is 0 Å². The van der Waals surface area contributed by atoms with Crippen molar-refractivity contribution in [2.75, 3.05) is 0 Å². The van der Waals surface area contributed by atoms with E-state index in [0.717, 1.165) is 34.0 Å². The highest BCUT2D eigenvalue weighted by atomic mass is 32.1. The third-order valence-electron chi connectivity index (χ3n) is 4.38. The minimum absolute atomic E-state index is 0.0487. The highest BCUT2D eigenvalue weighted by molar-refractivity contribution is 7.12. The van der Waals surface area contributed by atoms with Gasteiger partial charge in [0, 0.05) is 18.0 Å². The Hall–Kier alpha value is -2.22. The van der Waals surface area contributed by atoms with E-state index in [1.165, 1.54) is 22.7 Å². The van der Waals surface area contributed by atoms with E-state index in [-0.39, 0.29) is 12.5 Å². The van der Waals surface area contributed by atoms with Crippen LogP contribution in [-0.4, -0.2) is 26.9 Å². The van der Waals surface area contributed by atoms with Crippen LogP contribution in [0.4, 0.5) is 0 Å². The van der Waals surface area contributed by atoms with E-state index in [0.29, 0.717) is 24.9 Å². The monoisotopic (exact) mass is 400 g/mol. The molecule has 0 atom stereocenters. The summed E-state index contributed by atoms with van der Waals surface area (Å²) in [5.41, 5.74) is 1.76. The predicted octanol–water partition coefficient (Wildman–Crippen LogP) is 4.08. The number of benzene rings is 1. The summed E-state index contributed by atoms with van der Waals surface area (Å²) in [4.78, 5) is 19.8. The molecule has 0 bridgehead atoms. The summed E-state index contributed by atoms with van der Waals surface area (Å²) in [6.07, 6.45) is 2.17. The fourth-order valence-electron chi connectivity index (χ4n) is 2.82. The van der Waals surface area contributed by atoms with Crippen molar-refractivity contribution in [3.8, 4) is 5.75 Å². The molecular formula is C20H20N2O3S2. The van der Waals surface area contributed by atoms with E-state index >= 15 is 0 Å². The third-order valence-corrected chi connectivity index (χ3v) is 6.11. The van der Waals surface area contributed by atoms with Crippen molar-refractivity contribution in [2.45, 2.75) is 38.6 Å².